The van der Waals surface area contributed by atoms with Gasteiger partial charge in [0.25, 0.3) is 0 Å². The molecule has 22 heavy (non-hydrogen) atoms. The van der Waals surface area contributed by atoms with Crippen molar-refractivity contribution in [1.82, 2.24) is 0 Å². The van der Waals surface area contributed by atoms with Crippen LogP contribution in [0.1, 0.15) is 38.3 Å². The molecule has 4 nitrogen and oxygen atoms in total. The van der Waals surface area contributed by atoms with E-state index in [0.717, 1.165) is 28.2 Å². The van der Waals surface area contributed by atoms with Gasteiger partial charge in [-0.25, -0.2) is 4.99 Å². The van der Waals surface area contributed by atoms with Gasteiger partial charge in [-0.1, -0.05) is 37.7 Å². The van der Waals surface area contributed by atoms with Crippen LogP contribution in [0.3, 0.4) is 0 Å². The molecule has 1 atom stereocenters. The van der Waals surface area contributed by atoms with Gasteiger partial charge in [0.05, 0.1) is 7.11 Å². The molecule has 0 saturated carbocycles. The molecule has 1 aromatic rings. The Labute approximate surface area is 134 Å². The number of hydrogen-bond donors (Lipinski definition) is 1. The van der Waals surface area contributed by atoms with E-state index in [4.69, 9.17) is 10.5 Å². The second-order valence-corrected chi connectivity index (χ2v) is 7.64. The smallest absolute Gasteiger partial charge is 0.162 e. The SMILES string of the molecule is COc1ccc(C2N=C(N)SC3=C2C(=O)CC(C)(C)C3)cc1. The molecule has 3 rings (SSSR count). The van der Waals surface area contributed by atoms with E-state index in [1.54, 1.807) is 7.11 Å². The van der Waals surface area contributed by atoms with Crippen molar-refractivity contribution in [2.24, 2.45) is 16.1 Å². The van der Waals surface area contributed by atoms with Gasteiger partial charge in [-0.05, 0) is 29.5 Å². The quantitative estimate of drug-likeness (QED) is 0.907. The van der Waals surface area contributed by atoms with E-state index >= 15 is 0 Å². The lowest BCUT2D eigenvalue weighted by atomic mass is 9.75. The number of amidine groups is 1. The third-order valence-corrected chi connectivity index (χ3v) is 4.99. The Bertz CT molecular complexity index is 674. The van der Waals surface area contributed by atoms with Crippen LogP contribution in [0.4, 0.5) is 0 Å². The molecule has 1 aliphatic heterocycles. The highest BCUT2D eigenvalue weighted by Crippen LogP contribution is 2.48. The average Bonchev–Trinajstić information content (AvgIpc) is 2.44. The fourth-order valence-electron chi connectivity index (χ4n) is 3.05. The Morgan fingerprint density at radius 2 is 1.95 bits per heavy atom. The third kappa shape index (κ3) is 2.77. The highest BCUT2D eigenvalue weighted by molar-refractivity contribution is 8.17. The summed E-state index contributed by atoms with van der Waals surface area (Å²) in [6.45, 7) is 4.25. The zero-order chi connectivity index (χ0) is 15.9. The van der Waals surface area contributed by atoms with Crippen molar-refractivity contribution in [3.63, 3.8) is 0 Å². The molecule has 0 saturated heterocycles. The Kier molecular flexibility index (Phi) is 3.77. The number of benzene rings is 1. The van der Waals surface area contributed by atoms with Gasteiger partial charge in [-0.2, -0.15) is 0 Å². The molecular formula is C17H20N2O2S. The summed E-state index contributed by atoms with van der Waals surface area (Å²) in [4.78, 5) is 18.3. The Hall–Kier alpha value is -1.75. The van der Waals surface area contributed by atoms with Gasteiger partial charge in [-0.15, -0.1) is 0 Å². The monoisotopic (exact) mass is 316 g/mol. The fourth-order valence-corrected chi connectivity index (χ4v) is 4.25. The standard InChI is InChI=1S/C17H20N2O2S/c1-17(2)8-12(20)14-13(9-17)22-16(18)19-15(14)10-4-6-11(21-3)7-5-10/h4-7,15H,8-9H2,1-3H3,(H2,18,19). The lowest BCUT2D eigenvalue weighted by Crippen LogP contribution is -2.30. The molecule has 1 heterocycles. The topological polar surface area (TPSA) is 64.7 Å². The molecule has 1 unspecified atom stereocenters. The number of aliphatic imine (C=N–C) groups is 1. The first-order valence-corrected chi connectivity index (χ1v) is 8.12. The summed E-state index contributed by atoms with van der Waals surface area (Å²) in [5.41, 5.74) is 7.79. The molecule has 0 amide bonds. The van der Waals surface area contributed by atoms with Crippen molar-refractivity contribution in [3.05, 3.63) is 40.3 Å². The summed E-state index contributed by atoms with van der Waals surface area (Å²) in [6.07, 6.45) is 1.44. The van der Waals surface area contributed by atoms with Crippen molar-refractivity contribution >= 4 is 22.7 Å². The normalized spacial score (nSPS) is 23.9. The molecule has 2 aliphatic rings. The zero-order valence-electron chi connectivity index (χ0n) is 13.1. The van der Waals surface area contributed by atoms with Crippen molar-refractivity contribution in [2.45, 2.75) is 32.7 Å². The van der Waals surface area contributed by atoms with Crippen LogP contribution in [-0.2, 0) is 4.79 Å². The molecular weight excluding hydrogens is 296 g/mol. The number of nitrogens with zero attached hydrogens (tertiary/aromatic N) is 1. The van der Waals surface area contributed by atoms with Gasteiger partial charge in [0, 0.05) is 16.9 Å². The minimum absolute atomic E-state index is 0.00893. The van der Waals surface area contributed by atoms with Gasteiger partial charge in [0.15, 0.2) is 11.0 Å². The second kappa shape index (κ2) is 5.47. The predicted octanol–water partition coefficient (Wildman–Crippen LogP) is 3.44. The van der Waals surface area contributed by atoms with Gasteiger partial charge in [0.2, 0.25) is 0 Å². The maximum Gasteiger partial charge on any atom is 0.162 e. The summed E-state index contributed by atoms with van der Waals surface area (Å²) in [5.74, 6) is 0.979. The number of rotatable bonds is 2. The molecule has 0 aromatic heterocycles. The fraction of sp³-hybridized carbons (Fsp3) is 0.412. The predicted molar refractivity (Wildman–Crippen MR) is 90.0 cm³/mol. The first-order valence-electron chi connectivity index (χ1n) is 7.31. The van der Waals surface area contributed by atoms with Crippen LogP contribution in [0.15, 0.2) is 39.7 Å². The van der Waals surface area contributed by atoms with E-state index in [2.05, 4.69) is 18.8 Å². The van der Waals surface area contributed by atoms with Crippen LogP contribution in [0, 0.1) is 5.41 Å². The number of Topliss-reactive ketones (excluding diaryl/α,β-unsaturated/α-hetero) is 1. The number of allylic oxidation sites excluding steroid dienone is 1. The number of ketones is 1. The van der Waals surface area contributed by atoms with Crippen molar-refractivity contribution in [3.8, 4) is 5.75 Å². The lowest BCUT2D eigenvalue weighted by molar-refractivity contribution is -0.118. The summed E-state index contributed by atoms with van der Waals surface area (Å²) in [7, 11) is 1.63. The molecule has 5 heteroatoms. The minimum atomic E-state index is -0.286. The summed E-state index contributed by atoms with van der Waals surface area (Å²) in [6, 6.07) is 7.40. The number of carbonyl (C=O) groups excluding carboxylic acids is 1. The number of hydrogen-bond acceptors (Lipinski definition) is 5. The molecule has 116 valence electrons. The number of ether oxygens (including phenoxy) is 1. The second-order valence-electron chi connectivity index (χ2n) is 6.52. The van der Waals surface area contributed by atoms with Crippen molar-refractivity contribution < 1.29 is 9.53 Å². The van der Waals surface area contributed by atoms with Crippen LogP contribution in [-0.4, -0.2) is 18.1 Å². The maximum atomic E-state index is 12.7. The number of carbonyl (C=O) groups is 1. The van der Waals surface area contributed by atoms with E-state index < -0.39 is 0 Å². The Balaban J connectivity index is 2.03. The van der Waals surface area contributed by atoms with E-state index in [0.29, 0.717) is 11.6 Å². The molecule has 1 aromatic carbocycles. The molecule has 0 spiro atoms. The highest BCUT2D eigenvalue weighted by Gasteiger charge is 2.39. The van der Waals surface area contributed by atoms with Crippen LogP contribution < -0.4 is 10.5 Å². The molecule has 1 aliphatic carbocycles. The van der Waals surface area contributed by atoms with Gasteiger partial charge >= 0.3 is 0 Å². The molecule has 0 fully saturated rings. The number of thioether (sulfide) groups is 1. The Morgan fingerprint density at radius 1 is 1.27 bits per heavy atom. The van der Waals surface area contributed by atoms with Gasteiger partial charge in [-0.3, -0.25) is 4.79 Å². The number of methoxy groups -OCH3 is 1. The zero-order valence-corrected chi connectivity index (χ0v) is 13.9. The van der Waals surface area contributed by atoms with Gasteiger partial charge in [0.1, 0.15) is 11.8 Å². The Morgan fingerprint density at radius 3 is 2.59 bits per heavy atom. The van der Waals surface area contributed by atoms with Gasteiger partial charge < -0.3 is 10.5 Å². The van der Waals surface area contributed by atoms with Crippen molar-refractivity contribution in [2.75, 3.05) is 7.11 Å². The minimum Gasteiger partial charge on any atom is -0.497 e. The highest BCUT2D eigenvalue weighted by atomic mass is 32.2. The van der Waals surface area contributed by atoms with E-state index in [9.17, 15) is 4.79 Å². The third-order valence-electron chi connectivity index (χ3n) is 4.07. The first kappa shape index (κ1) is 15.2. The van der Waals surface area contributed by atoms with E-state index in [1.807, 2.05) is 24.3 Å². The van der Waals surface area contributed by atoms with Crippen LogP contribution in [0.25, 0.3) is 0 Å². The molecule has 2 N–H and O–H groups in total. The number of nitrogens with two attached hydrogens (primary N) is 1. The maximum absolute atomic E-state index is 12.7. The average molecular weight is 316 g/mol. The lowest BCUT2D eigenvalue weighted by Gasteiger charge is -2.35. The summed E-state index contributed by atoms with van der Waals surface area (Å²) in [5, 5.41) is 0.532. The largest absolute Gasteiger partial charge is 0.497 e. The van der Waals surface area contributed by atoms with E-state index in [-0.39, 0.29) is 17.2 Å². The van der Waals surface area contributed by atoms with Crippen LogP contribution >= 0.6 is 11.8 Å². The van der Waals surface area contributed by atoms with E-state index in [1.165, 1.54) is 11.8 Å². The van der Waals surface area contributed by atoms with Crippen LogP contribution in [0.2, 0.25) is 0 Å². The molecule has 0 bridgehead atoms. The van der Waals surface area contributed by atoms with Crippen LogP contribution in [0.5, 0.6) is 5.75 Å². The van der Waals surface area contributed by atoms with Crippen molar-refractivity contribution in [1.29, 1.82) is 0 Å². The summed E-state index contributed by atoms with van der Waals surface area (Å²) < 4.78 is 5.19. The molecule has 0 radical (unpaired) electrons. The summed E-state index contributed by atoms with van der Waals surface area (Å²) >= 11 is 1.44. The first-order chi connectivity index (χ1) is 10.4.